The first-order valence-corrected chi connectivity index (χ1v) is 8.92. The lowest BCUT2D eigenvalue weighted by atomic mass is 9.79. The number of nitro benzene ring substituents is 1. The SMILES string of the molecule is O=C(CCN1C[C@@H]2CCCCCC[C@H]21)Nc1ccc([N+](=O)[O-])cc1. The maximum Gasteiger partial charge on any atom is 0.269 e. The molecule has 1 N–H and O–H groups in total. The van der Waals surface area contributed by atoms with Crippen LogP contribution >= 0.6 is 0 Å². The van der Waals surface area contributed by atoms with E-state index in [2.05, 4.69) is 10.2 Å². The number of nitro groups is 1. The maximum atomic E-state index is 12.1. The summed E-state index contributed by atoms with van der Waals surface area (Å²) in [5, 5.41) is 13.4. The van der Waals surface area contributed by atoms with Crippen LogP contribution in [-0.2, 0) is 4.79 Å². The van der Waals surface area contributed by atoms with E-state index in [1.807, 2.05) is 0 Å². The van der Waals surface area contributed by atoms with Crippen molar-refractivity contribution < 1.29 is 9.72 Å². The molecule has 1 aromatic carbocycles. The predicted molar refractivity (Wildman–Crippen MR) is 92.9 cm³/mol. The Balaban J connectivity index is 1.43. The van der Waals surface area contributed by atoms with Gasteiger partial charge in [0.1, 0.15) is 0 Å². The minimum absolute atomic E-state index is 0.0295. The largest absolute Gasteiger partial charge is 0.326 e. The molecule has 2 atom stereocenters. The number of non-ortho nitro benzene ring substituents is 1. The molecular weight excluding hydrogens is 306 g/mol. The number of hydrogen-bond donors (Lipinski definition) is 1. The zero-order valence-corrected chi connectivity index (χ0v) is 13.9. The minimum atomic E-state index is -0.444. The van der Waals surface area contributed by atoms with Crippen molar-refractivity contribution in [2.75, 3.05) is 18.4 Å². The summed E-state index contributed by atoms with van der Waals surface area (Å²) in [5.41, 5.74) is 0.641. The standard InChI is InChI=1S/C18H25N3O3/c22-18(19-15-7-9-16(10-8-15)21(23)24)11-12-20-13-14-5-3-1-2-4-6-17(14)20/h7-10,14,17H,1-6,11-13H2,(H,19,22)/t14-,17+/m0/s1. The van der Waals surface area contributed by atoms with Crippen molar-refractivity contribution in [2.24, 2.45) is 5.92 Å². The van der Waals surface area contributed by atoms with Crippen LogP contribution in [0, 0.1) is 16.0 Å². The topological polar surface area (TPSA) is 75.5 Å². The van der Waals surface area contributed by atoms with Gasteiger partial charge in [-0.1, -0.05) is 25.7 Å². The average molecular weight is 331 g/mol. The first-order valence-electron chi connectivity index (χ1n) is 8.92. The molecule has 0 aromatic heterocycles. The number of nitrogens with zero attached hydrogens (tertiary/aromatic N) is 2. The van der Waals surface area contributed by atoms with Gasteiger partial charge in [-0.25, -0.2) is 0 Å². The van der Waals surface area contributed by atoms with Crippen molar-refractivity contribution in [2.45, 2.75) is 51.0 Å². The van der Waals surface area contributed by atoms with E-state index in [1.165, 1.54) is 50.7 Å². The smallest absolute Gasteiger partial charge is 0.269 e. The first kappa shape index (κ1) is 16.9. The van der Waals surface area contributed by atoms with Gasteiger partial charge in [-0.15, -0.1) is 0 Å². The fourth-order valence-electron chi connectivity index (χ4n) is 3.93. The lowest BCUT2D eigenvalue weighted by Gasteiger charge is -2.49. The summed E-state index contributed by atoms with van der Waals surface area (Å²) in [6.07, 6.45) is 8.48. The number of carbonyl (C=O) groups is 1. The summed E-state index contributed by atoms with van der Waals surface area (Å²) in [7, 11) is 0. The molecule has 0 radical (unpaired) electrons. The van der Waals surface area contributed by atoms with Crippen molar-refractivity contribution >= 4 is 17.3 Å². The van der Waals surface area contributed by atoms with E-state index in [0.29, 0.717) is 18.2 Å². The Morgan fingerprint density at radius 2 is 1.88 bits per heavy atom. The quantitative estimate of drug-likeness (QED) is 0.661. The van der Waals surface area contributed by atoms with E-state index in [0.717, 1.165) is 19.0 Å². The Kier molecular flexibility index (Phi) is 5.45. The highest BCUT2D eigenvalue weighted by Gasteiger charge is 2.37. The normalized spacial score (nSPS) is 24.2. The molecule has 1 saturated carbocycles. The average Bonchev–Trinajstić information content (AvgIpc) is 2.53. The molecule has 1 aliphatic heterocycles. The number of fused-ring (bicyclic) bond motifs is 1. The second-order valence-corrected chi connectivity index (χ2v) is 6.92. The first-order chi connectivity index (χ1) is 11.6. The highest BCUT2D eigenvalue weighted by atomic mass is 16.6. The molecule has 1 amide bonds. The zero-order chi connectivity index (χ0) is 16.9. The number of rotatable bonds is 5. The molecule has 0 unspecified atom stereocenters. The summed E-state index contributed by atoms with van der Waals surface area (Å²) in [6, 6.07) is 6.64. The lowest BCUT2D eigenvalue weighted by molar-refractivity contribution is -0.384. The molecule has 3 rings (SSSR count). The number of hydrogen-bond acceptors (Lipinski definition) is 4. The van der Waals surface area contributed by atoms with Crippen molar-refractivity contribution in [3.05, 3.63) is 34.4 Å². The maximum absolute atomic E-state index is 12.1. The van der Waals surface area contributed by atoms with Gasteiger partial charge in [-0.05, 0) is 30.9 Å². The molecule has 1 aromatic rings. The van der Waals surface area contributed by atoms with Crippen LogP contribution in [0.25, 0.3) is 0 Å². The Morgan fingerprint density at radius 3 is 2.58 bits per heavy atom. The molecule has 130 valence electrons. The monoisotopic (exact) mass is 331 g/mol. The van der Waals surface area contributed by atoms with Gasteiger partial charge in [0.15, 0.2) is 0 Å². The molecule has 24 heavy (non-hydrogen) atoms. The van der Waals surface area contributed by atoms with Crippen molar-refractivity contribution in [1.29, 1.82) is 0 Å². The van der Waals surface area contributed by atoms with Crippen LogP contribution in [0.15, 0.2) is 24.3 Å². The summed E-state index contributed by atoms with van der Waals surface area (Å²) in [6.45, 7) is 1.94. The number of likely N-dealkylation sites (tertiary alicyclic amines) is 1. The summed E-state index contributed by atoms with van der Waals surface area (Å²) >= 11 is 0. The molecule has 2 aliphatic rings. The van der Waals surface area contributed by atoms with E-state index < -0.39 is 4.92 Å². The van der Waals surface area contributed by atoms with Gasteiger partial charge in [0, 0.05) is 43.4 Å². The lowest BCUT2D eigenvalue weighted by Crippen LogP contribution is -2.56. The zero-order valence-electron chi connectivity index (χ0n) is 13.9. The summed E-state index contributed by atoms with van der Waals surface area (Å²) in [4.78, 5) is 24.7. The molecule has 2 fully saturated rings. The Bertz CT molecular complexity index is 588. The van der Waals surface area contributed by atoms with Gasteiger partial charge in [0.2, 0.25) is 5.91 Å². The number of benzene rings is 1. The predicted octanol–water partition coefficient (Wildman–Crippen LogP) is 3.58. The molecule has 0 bridgehead atoms. The van der Waals surface area contributed by atoms with E-state index in [-0.39, 0.29) is 11.6 Å². The van der Waals surface area contributed by atoms with Gasteiger partial charge in [0.05, 0.1) is 4.92 Å². The third-order valence-electron chi connectivity index (χ3n) is 5.29. The molecule has 0 spiro atoms. The molecule has 1 saturated heterocycles. The van der Waals surface area contributed by atoms with E-state index in [4.69, 9.17) is 0 Å². The molecule has 1 heterocycles. The van der Waals surface area contributed by atoms with Gasteiger partial charge >= 0.3 is 0 Å². The summed E-state index contributed by atoms with van der Waals surface area (Å²) < 4.78 is 0. The fourth-order valence-corrected chi connectivity index (χ4v) is 3.93. The third kappa shape index (κ3) is 4.12. The van der Waals surface area contributed by atoms with Crippen molar-refractivity contribution in [3.63, 3.8) is 0 Å². The van der Waals surface area contributed by atoms with Gasteiger partial charge < -0.3 is 5.32 Å². The number of anilines is 1. The number of carbonyl (C=O) groups excluding carboxylic acids is 1. The van der Waals surface area contributed by atoms with Gasteiger partial charge in [0.25, 0.3) is 5.69 Å². The molecule has 6 heteroatoms. The fraction of sp³-hybridized carbons (Fsp3) is 0.611. The van der Waals surface area contributed by atoms with Crippen LogP contribution < -0.4 is 5.32 Å². The van der Waals surface area contributed by atoms with Crippen LogP contribution in [-0.4, -0.2) is 34.9 Å². The number of amides is 1. The Labute approximate surface area is 142 Å². The second-order valence-electron chi connectivity index (χ2n) is 6.92. The van der Waals surface area contributed by atoms with Crippen LogP contribution in [0.1, 0.15) is 44.9 Å². The molecule has 6 nitrogen and oxygen atoms in total. The molecular formula is C18H25N3O3. The van der Waals surface area contributed by atoms with Crippen LogP contribution in [0.5, 0.6) is 0 Å². The van der Waals surface area contributed by atoms with E-state index in [9.17, 15) is 14.9 Å². The summed E-state index contributed by atoms with van der Waals surface area (Å²) in [5.74, 6) is 0.807. The van der Waals surface area contributed by atoms with E-state index in [1.54, 1.807) is 12.1 Å². The minimum Gasteiger partial charge on any atom is -0.326 e. The molecule has 1 aliphatic carbocycles. The Hall–Kier alpha value is -1.95. The van der Waals surface area contributed by atoms with Crippen LogP contribution in [0.2, 0.25) is 0 Å². The third-order valence-corrected chi connectivity index (χ3v) is 5.29. The van der Waals surface area contributed by atoms with Crippen LogP contribution in [0.4, 0.5) is 11.4 Å². The number of nitrogens with one attached hydrogen (secondary N) is 1. The second kappa shape index (κ2) is 7.75. The van der Waals surface area contributed by atoms with Gasteiger partial charge in [-0.3, -0.25) is 19.8 Å². The van der Waals surface area contributed by atoms with Gasteiger partial charge in [-0.2, -0.15) is 0 Å². The van der Waals surface area contributed by atoms with Crippen molar-refractivity contribution in [1.82, 2.24) is 4.90 Å². The van der Waals surface area contributed by atoms with Crippen molar-refractivity contribution in [3.8, 4) is 0 Å². The van der Waals surface area contributed by atoms with Crippen LogP contribution in [0.3, 0.4) is 0 Å². The Morgan fingerprint density at radius 1 is 1.17 bits per heavy atom. The highest BCUT2D eigenvalue weighted by Crippen LogP contribution is 2.35. The van der Waals surface area contributed by atoms with E-state index >= 15 is 0 Å². The highest BCUT2D eigenvalue weighted by molar-refractivity contribution is 5.90.